The predicted octanol–water partition coefficient (Wildman–Crippen LogP) is -1.11. The number of carbonyl (C=O) groups excluding carboxylic acids is 2. The van der Waals surface area contributed by atoms with Crippen LogP contribution in [0.3, 0.4) is 0 Å². The van der Waals surface area contributed by atoms with E-state index in [4.69, 9.17) is 14.2 Å². The Morgan fingerprint density at radius 3 is 2.45 bits per heavy atom. The van der Waals surface area contributed by atoms with E-state index in [2.05, 4.69) is 0 Å². The molecule has 0 bridgehead atoms. The van der Waals surface area contributed by atoms with Crippen molar-refractivity contribution < 1.29 is 44.2 Å². The number of ether oxygens (including phenoxy) is 3. The van der Waals surface area contributed by atoms with E-state index in [1.807, 2.05) is 0 Å². The van der Waals surface area contributed by atoms with Gasteiger partial charge in [-0.15, -0.1) is 0 Å². The molecule has 0 spiro atoms. The summed E-state index contributed by atoms with van der Waals surface area (Å²) in [6, 6.07) is 4.57. The number of methoxy groups -OCH3 is 1. The second-order valence-corrected chi connectivity index (χ2v) is 8.37. The molecule has 2 heterocycles. The van der Waals surface area contributed by atoms with Crippen molar-refractivity contribution >= 4 is 11.6 Å². The van der Waals surface area contributed by atoms with Crippen LogP contribution < -0.4 is 4.74 Å². The van der Waals surface area contributed by atoms with Crippen molar-refractivity contribution in [3.8, 4) is 5.75 Å². The van der Waals surface area contributed by atoms with Crippen LogP contribution in [0.25, 0.3) is 0 Å². The third-order valence-electron chi connectivity index (χ3n) is 7.19. The molecular formula is C20H22O9. The number of hydrogen-bond donors (Lipinski definition) is 4. The van der Waals surface area contributed by atoms with Crippen LogP contribution in [-0.2, 0) is 14.3 Å². The van der Waals surface area contributed by atoms with Crippen molar-refractivity contribution in [1.82, 2.24) is 0 Å². The third-order valence-corrected chi connectivity index (χ3v) is 7.19. The maximum absolute atomic E-state index is 13.3. The highest BCUT2D eigenvalue weighted by molar-refractivity contribution is 6.10. The van der Waals surface area contributed by atoms with E-state index in [-0.39, 0.29) is 16.9 Å². The van der Waals surface area contributed by atoms with Crippen LogP contribution in [0.15, 0.2) is 18.2 Å². The van der Waals surface area contributed by atoms with Gasteiger partial charge in [0.1, 0.15) is 24.1 Å². The molecular weight excluding hydrogens is 384 g/mol. The Hall–Kier alpha value is -1.88. The van der Waals surface area contributed by atoms with Crippen molar-refractivity contribution in [2.45, 2.75) is 61.2 Å². The number of Topliss-reactive ketones (excluding diaryl/α,β-unsaturated/α-hetero) is 2. The minimum absolute atomic E-state index is 0.0831. The first kappa shape index (κ1) is 19.1. The van der Waals surface area contributed by atoms with Gasteiger partial charge >= 0.3 is 0 Å². The molecule has 9 nitrogen and oxygen atoms in total. The summed E-state index contributed by atoms with van der Waals surface area (Å²) in [5, 5.41) is 44.7. The largest absolute Gasteiger partial charge is 0.496 e. The topological polar surface area (TPSA) is 149 Å². The number of aliphatic hydroxyl groups excluding tert-OH is 3. The molecule has 1 saturated carbocycles. The maximum atomic E-state index is 13.3. The van der Waals surface area contributed by atoms with Crippen LogP contribution in [0, 0.1) is 5.92 Å². The van der Waals surface area contributed by atoms with E-state index < -0.39 is 64.8 Å². The monoisotopic (exact) mass is 406 g/mol. The van der Waals surface area contributed by atoms with E-state index in [0.29, 0.717) is 0 Å². The van der Waals surface area contributed by atoms with Crippen molar-refractivity contribution in [2.24, 2.45) is 5.92 Å². The summed E-state index contributed by atoms with van der Waals surface area (Å²) in [6.07, 6.45) is -6.62. The van der Waals surface area contributed by atoms with E-state index in [1.165, 1.54) is 26.2 Å². The molecule has 0 aromatic heterocycles. The molecule has 2 aliphatic heterocycles. The number of benzene rings is 1. The lowest BCUT2D eigenvalue weighted by molar-refractivity contribution is -0.198. The second kappa shape index (κ2) is 5.42. The van der Waals surface area contributed by atoms with Gasteiger partial charge in [0.2, 0.25) is 5.78 Å². The minimum Gasteiger partial charge on any atom is -0.496 e. The minimum atomic E-state index is -2.48. The Balaban J connectivity index is 1.70. The fourth-order valence-corrected chi connectivity index (χ4v) is 5.39. The summed E-state index contributed by atoms with van der Waals surface area (Å²) in [4.78, 5) is 26.3. The Bertz CT molecular complexity index is 946. The number of rotatable bonds is 3. The van der Waals surface area contributed by atoms with Gasteiger partial charge in [-0.1, -0.05) is 19.1 Å². The molecule has 1 aromatic carbocycles. The SMILES string of the molecule is COc1cccc2c1[C@H](O)[C@]13O[C@@]1(C2=O)[C@H](O)[C@H](C)[C@](O)(C(=O)[C@@H]1O[C@H]1C)[C@@H]3O. The van der Waals surface area contributed by atoms with Crippen molar-refractivity contribution in [3.63, 3.8) is 0 Å². The average Bonchev–Trinajstić information content (AvgIpc) is 3.62. The molecule has 5 rings (SSSR count). The van der Waals surface area contributed by atoms with Gasteiger partial charge in [0.15, 0.2) is 22.6 Å². The van der Waals surface area contributed by atoms with Gasteiger partial charge < -0.3 is 34.6 Å². The molecule has 4 aliphatic rings. The highest BCUT2D eigenvalue weighted by Crippen LogP contribution is 2.70. The average molecular weight is 406 g/mol. The molecule has 29 heavy (non-hydrogen) atoms. The van der Waals surface area contributed by atoms with Crippen LogP contribution in [0.1, 0.15) is 35.9 Å². The molecule has 9 atom stereocenters. The summed E-state index contributed by atoms with van der Waals surface area (Å²) in [6.45, 7) is 3.00. The van der Waals surface area contributed by atoms with Gasteiger partial charge in [0.25, 0.3) is 0 Å². The Morgan fingerprint density at radius 2 is 1.86 bits per heavy atom. The lowest BCUT2D eigenvalue weighted by Crippen LogP contribution is -2.74. The zero-order valence-corrected chi connectivity index (χ0v) is 16.0. The van der Waals surface area contributed by atoms with Gasteiger partial charge in [0.05, 0.1) is 19.3 Å². The van der Waals surface area contributed by atoms with Crippen molar-refractivity contribution in [3.05, 3.63) is 29.3 Å². The zero-order valence-electron chi connectivity index (χ0n) is 16.0. The molecule has 0 unspecified atom stereocenters. The molecule has 3 fully saturated rings. The molecule has 156 valence electrons. The van der Waals surface area contributed by atoms with Crippen LogP contribution >= 0.6 is 0 Å². The first-order chi connectivity index (χ1) is 13.6. The number of aliphatic hydroxyl groups is 4. The lowest BCUT2D eigenvalue weighted by atomic mass is 9.55. The van der Waals surface area contributed by atoms with Gasteiger partial charge in [-0.3, -0.25) is 9.59 Å². The second-order valence-electron chi connectivity index (χ2n) is 8.37. The summed E-state index contributed by atoms with van der Waals surface area (Å²) >= 11 is 0. The first-order valence-electron chi connectivity index (χ1n) is 9.48. The quantitative estimate of drug-likeness (QED) is 0.458. The summed E-state index contributed by atoms with van der Waals surface area (Å²) in [7, 11) is 1.36. The maximum Gasteiger partial charge on any atom is 0.201 e. The number of carbonyl (C=O) groups is 2. The van der Waals surface area contributed by atoms with E-state index in [9.17, 15) is 30.0 Å². The highest BCUT2D eigenvalue weighted by atomic mass is 16.7. The van der Waals surface area contributed by atoms with Crippen molar-refractivity contribution in [2.75, 3.05) is 7.11 Å². The molecule has 4 N–H and O–H groups in total. The number of fused-ring (bicyclic) bond motifs is 1. The van der Waals surface area contributed by atoms with Gasteiger partial charge in [-0.05, 0) is 13.0 Å². The van der Waals surface area contributed by atoms with Crippen LogP contribution in [0.4, 0.5) is 0 Å². The molecule has 2 aliphatic carbocycles. The smallest absolute Gasteiger partial charge is 0.201 e. The number of ketones is 2. The highest BCUT2D eigenvalue weighted by Gasteiger charge is 2.92. The lowest BCUT2D eigenvalue weighted by Gasteiger charge is -2.49. The number of epoxide rings is 2. The van der Waals surface area contributed by atoms with Crippen LogP contribution in [-0.4, -0.2) is 80.3 Å². The third kappa shape index (κ3) is 1.83. The normalized spacial score (nSPS) is 49.6. The van der Waals surface area contributed by atoms with E-state index in [1.54, 1.807) is 13.0 Å². The molecule has 0 amide bonds. The van der Waals surface area contributed by atoms with Crippen LogP contribution in [0.5, 0.6) is 5.75 Å². The van der Waals surface area contributed by atoms with E-state index >= 15 is 0 Å². The first-order valence-corrected chi connectivity index (χ1v) is 9.48. The summed E-state index contributed by atoms with van der Waals surface area (Å²) in [5.74, 6) is -2.51. The van der Waals surface area contributed by atoms with Crippen LogP contribution in [0.2, 0.25) is 0 Å². The molecule has 1 aromatic rings. The summed E-state index contributed by atoms with van der Waals surface area (Å²) < 4.78 is 16.1. The Morgan fingerprint density at radius 1 is 1.21 bits per heavy atom. The van der Waals surface area contributed by atoms with Crippen molar-refractivity contribution in [1.29, 1.82) is 0 Å². The Labute approximate surface area is 165 Å². The number of hydrogen-bond acceptors (Lipinski definition) is 9. The molecule has 2 saturated heterocycles. The fraction of sp³-hybridized carbons (Fsp3) is 0.600. The molecule has 0 radical (unpaired) electrons. The predicted molar refractivity (Wildman–Crippen MR) is 94.3 cm³/mol. The van der Waals surface area contributed by atoms with Gasteiger partial charge in [-0.2, -0.15) is 0 Å². The standard InChI is InChI=1S/C20H22O9/c1-7-13(21)19-14(22)9-5-4-6-10(27-3)11(9)15(23)20(19,29-19)17(25)18(7,26)16(24)12-8(2)28-12/h4-8,12-13,15,17,21,23,25-26H,1-3H3/t7-,8-,12+,13+,15-,17-,18-,19+,20+/m0/s1. The molecule has 9 heteroatoms. The van der Waals surface area contributed by atoms with E-state index in [0.717, 1.165) is 0 Å². The Kier molecular flexibility index (Phi) is 3.57. The van der Waals surface area contributed by atoms with Gasteiger partial charge in [0, 0.05) is 17.0 Å². The zero-order chi connectivity index (χ0) is 21.1. The fourth-order valence-electron chi connectivity index (χ4n) is 5.39. The summed E-state index contributed by atoms with van der Waals surface area (Å²) in [5.41, 5.74) is -6.35. The van der Waals surface area contributed by atoms with Gasteiger partial charge in [-0.25, -0.2) is 0 Å².